The van der Waals surface area contributed by atoms with E-state index >= 15 is 0 Å². The average Bonchev–Trinajstić information content (AvgIpc) is 2.50. The molecule has 0 aromatic rings. The molecule has 1 fully saturated rings. The predicted octanol–water partition coefficient (Wildman–Crippen LogP) is 1.89. The lowest BCUT2D eigenvalue weighted by molar-refractivity contribution is 0.193. The van der Waals surface area contributed by atoms with E-state index in [4.69, 9.17) is 4.74 Å². The minimum absolute atomic E-state index is 0.604. The van der Waals surface area contributed by atoms with Gasteiger partial charge in [-0.25, -0.2) is 0 Å². The van der Waals surface area contributed by atoms with Crippen LogP contribution in [-0.4, -0.2) is 26.0 Å². The van der Waals surface area contributed by atoms with Crippen LogP contribution in [0.3, 0.4) is 0 Å². The standard InChI is InChI=1S/C9H17NO/c1-2-3-5-10-7-9-4-6-11-8-9/h7,9H,2-6,8H2,1H3. The summed E-state index contributed by atoms with van der Waals surface area (Å²) >= 11 is 0. The minimum atomic E-state index is 0.604. The first-order valence-electron chi connectivity index (χ1n) is 4.51. The van der Waals surface area contributed by atoms with Crippen molar-refractivity contribution in [2.45, 2.75) is 26.2 Å². The Kier molecular flexibility index (Phi) is 4.21. The Morgan fingerprint density at radius 3 is 3.18 bits per heavy atom. The Bertz CT molecular complexity index is 117. The number of hydrogen-bond donors (Lipinski definition) is 0. The molecule has 2 nitrogen and oxygen atoms in total. The molecular weight excluding hydrogens is 138 g/mol. The number of rotatable bonds is 4. The Morgan fingerprint density at radius 1 is 1.64 bits per heavy atom. The summed E-state index contributed by atoms with van der Waals surface area (Å²) in [6.07, 6.45) is 5.68. The Labute approximate surface area is 68.7 Å². The van der Waals surface area contributed by atoms with Crippen LogP contribution in [0.25, 0.3) is 0 Å². The fraction of sp³-hybridized carbons (Fsp3) is 0.889. The van der Waals surface area contributed by atoms with E-state index in [-0.39, 0.29) is 0 Å². The second kappa shape index (κ2) is 5.30. The molecule has 1 aliphatic rings. The van der Waals surface area contributed by atoms with Crippen LogP contribution >= 0.6 is 0 Å². The third kappa shape index (κ3) is 3.51. The molecule has 1 atom stereocenters. The molecule has 0 spiro atoms. The third-order valence-corrected chi connectivity index (χ3v) is 1.92. The van der Waals surface area contributed by atoms with Crippen LogP contribution in [0.4, 0.5) is 0 Å². The van der Waals surface area contributed by atoms with Crippen molar-refractivity contribution >= 4 is 6.21 Å². The average molecular weight is 155 g/mol. The van der Waals surface area contributed by atoms with E-state index in [9.17, 15) is 0 Å². The molecular formula is C9H17NO. The molecule has 0 amide bonds. The van der Waals surface area contributed by atoms with E-state index in [0.717, 1.165) is 26.2 Å². The molecule has 0 aliphatic carbocycles. The SMILES string of the molecule is CCCCN=CC1CCOC1. The molecule has 1 unspecified atom stereocenters. The largest absolute Gasteiger partial charge is 0.381 e. The molecule has 2 heteroatoms. The molecule has 64 valence electrons. The van der Waals surface area contributed by atoms with Crippen molar-refractivity contribution in [2.75, 3.05) is 19.8 Å². The Balaban J connectivity index is 2.03. The molecule has 0 aromatic heterocycles. The lowest BCUT2D eigenvalue weighted by Gasteiger charge is -1.96. The molecule has 0 radical (unpaired) electrons. The molecule has 1 aliphatic heterocycles. The quantitative estimate of drug-likeness (QED) is 0.449. The topological polar surface area (TPSA) is 21.6 Å². The van der Waals surface area contributed by atoms with Gasteiger partial charge in [-0.15, -0.1) is 0 Å². The maximum Gasteiger partial charge on any atom is 0.0544 e. The Morgan fingerprint density at radius 2 is 2.55 bits per heavy atom. The fourth-order valence-corrected chi connectivity index (χ4v) is 1.14. The van der Waals surface area contributed by atoms with E-state index in [1.807, 2.05) is 0 Å². The van der Waals surface area contributed by atoms with Crippen molar-refractivity contribution in [1.29, 1.82) is 0 Å². The van der Waals surface area contributed by atoms with Gasteiger partial charge in [-0.2, -0.15) is 0 Å². The van der Waals surface area contributed by atoms with E-state index in [1.54, 1.807) is 0 Å². The van der Waals surface area contributed by atoms with Gasteiger partial charge in [0.2, 0.25) is 0 Å². The second-order valence-electron chi connectivity index (χ2n) is 3.03. The lowest BCUT2D eigenvalue weighted by atomic mass is 10.1. The molecule has 0 bridgehead atoms. The van der Waals surface area contributed by atoms with E-state index in [2.05, 4.69) is 18.1 Å². The summed E-state index contributed by atoms with van der Waals surface area (Å²) < 4.78 is 5.22. The molecule has 0 saturated carbocycles. The van der Waals surface area contributed by atoms with Crippen molar-refractivity contribution in [3.05, 3.63) is 0 Å². The van der Waals surface area contributed by atoms with Gasteiger partial charge in [-0.05, 0) is 12.8 Å². The predicted molar refractivity (Wildman–Crippen MR) is 47.2 cm³/mol. The number of ether oxygens (including phenoxy) is 1. The summed E-state index contributed by atoms with van der Waals surface area (Å²) in [5.41, 5.74) is 0. The Hall–Kier alpha value is -0.370. The summed E-state index contributed by atoms with van der Waals surface area (Å²) in [6, 6.07) is 0. The molecule has 1 heterocycles. The second-order valence-corrected chi connectivity index (χ2v) is 3.03. The zero-order valence-electron chi connectivity index (χ0n) is 7.25. The van der Waals surface area contributed by atoms with E-state index in [0.29, 0.717) is 5.92 Å². The first kappa shape index (κ1) is 8.72. The van der Waals surface area contributed by atoms with E-state index in [1.165, 1.54) is 12.8 Å². The monoisotopic (exact) mass is 155 g/mol. The summed E-state index contributed by atoms with van der Waals surface area (Å²) in [7, 11) is 0. The molecule has 1 saturated heterocycles. The van der Waals surface area contributed by atoms with Crippen molar-refractivity contribution < 1.29 is 4.74 Å². The van der Waals surface area contributed by atoms with Gasteiger partial charge in [-0.1, -0.05) is 13.3 Å². The highest BCUT2D eigenvalue weighted by molar-refractivity contribution is 5.61. The highest BCUT2D eigenvalue weighted by Gasteiger charge is 2.11. The van der Waals surface area contributed by atoms with Gasteiger partial charge >= 0.3 is 0 Å². The van der Waals surface area contributed by atoms with Gasteiger partial charge in [0.05, 0.1) is 6.61 Å². The first-order chi connectivity index (χ1) is 5.43. The van der Waals surface area contributed by atoms with Gasteiger partial charge in [0.25, 0.3) is 0 Å². The highest BCUT2D eigenvalue weighted by Crippen LogP contribution is 2.09. The summed E-state index contributed by atoms with van der Waals surface area (Å²) in [5.74, 6) is 0.604. The maximum atomic E-state index is 5.22. The number of nitrogens with zero attached hydrogens (tertiary/aromatic N) is 1. The van der Waals surface area contributed by atoms with Gasteiger partial charge < -0.3 is 4.74 Å². The van der Waals surface area contributed by atoms with Crippen molar-refractivity contribution in [1.82, 2.24) is 0 Å². The summed E-state index contributed by atoms with van der Waals surface area (Å²) in [4.78, 5) is 4.34. The zero-order valence-corrected chi connectivity index (χ0v) is 7.25. The van der Waals surface area contributed by atoms with Crippen LogP contribution in [0, 0.1) is 5.92 Å². The van der Waals surface area contributed by atoms with Crippen LogP contribution in [0.5, 0.6) is 0 Å². The third-order valence-electron chi connectivity index (χ3n) is 1.92. The first-order valence-corrected chi connectivity index (χ1v) is 4.51. The smallest absolute Gasteiger partial charge is 0.0544 e. The van der Waals surface area contributed by atoms with Crippen LogP contribution in [0.15, 0.2) is 4.99 Å². The van der Waals surface area contributed by atoms with Gasteiger partial charge in [0.15, 0.2) is 0 Å². The molecule has 0 N–H and O–H groups in total. The van der Waals surface area contributed by atoms with Crippen LogP contribution in [0.2, 0.25) is 0 Å². The highest BCUT2D eigenvalue weighted by atomic mass is 16.5. The number of aliphatic imine (C=N–C) groups is 1. The zero-order chi connectivity index (χ0) is 7.94. The van der Waals surface area contributed by atoms with Crippen molar-refractivity contribution in [2.24, 2.45) is 10.9 Å². The van der Waals surface area contributed by atoms with Crippen molar-refractivity contribution in [3.8, 4) is 0 Å². The summed E-state index contributed by atoms with van der Waals surface area (Å²) in [6.45, 7) is 4.99. The molecule has 0 aromatic carbocycles. The lowest BCUT2D eigenvalue weighted by Crippen LogP contribution is -2.00. The van der Waals surface area contributed by atoms with Crippen LogP contribution in [0.1, 0.15) is 26.2 Å². The normalized spacial score (nSPS) is 25.0. The number of hydrogen-bond acceptors (Lipinski definition) is 2. The van der Waals surface area contributed by atoms with Crippen molar-refractivity contribution in [3.63, 3.8) is 0 Å². The summed E-state index contributed by atoms with van der Waals surface area (Å²) in [5, 5.41) is 0. The number of unbranched alkanes of at least 4 members (excludes halogenated alkanes) is 1. The van der Waals surface area contributed by atoms with Crippen LogP contribution in [-0.2, 0) is 4.74 Å². The minimum Gasteiger partial charge on any atom is -0.381 e. The van der Waals surface area contributed by atoms with Gasteiger partial charge in [0, 0.05) is 25.3 Å². The van der Waals surface area contributed by atoms with Gasteiger partial charge in [0.1, 0.15) is 0 Å². The molecule has 11 heavy (non-hydrogen) atoms. The van der Waals surface area contributed by atoms with Gasteiger partial charge in [-0.3, -0.25) is 4.99 Å². The van der Waals surface area contributed by atoms with Crippen LogP contribution < -0.4 is 0 Å². The maximum absolute atomic E-state index is 5.22. The fourth-order valence-electron chi connectivity index (χ4n) is 1.14. The molecule has 1 rings (SSSR count). The van der Waals surface area contributed by atoms with E-state index < -0.39 is 0 Å².